The van der Waals surface area contributed by atoms with E-state index in [-0.39, 0.29) is 0 Å². The molecular formula is C14H19ClN4O. The van der Waals surface area contributed by atoms with Crippen molar-refractivity contribution >= 4 is 23.3 Å². The Morgan fingerprint density at radius 1 is 1.30 bits per heavy atom. The van der Waals surface area contributed by atoms with Crippen LogP contribution in [-0.4, -0.2) is 16.7 Å². The molecule has 0 spiro atoms. The molecule has 5 nitrogen and oxygen atoms in total. The molecule has 0 bridgehead atoms. The van der Waals surface area contributed by atoms with Crippen LogP contribution in [0, 0.1) is 12.8 Å². The van der Waals surface area contributed by atoms with Gasteiger partial charge in [-0.15, -0.1) is 5.10 Å². The van der Waals surface area contributed by atoms with Crippen LogP contribution in [-0.2, 0) is 6.54 Å². The molecule has 0 radical (unpaired) electrons. The number of benzene rings is 1. The molecule has 1 heterocycles. The molecule has 1 aromatic carbocycles. The summed E-state index contributed by atoms with van der Waals surface area (Å²) >= 11 is 6.07. The molecule has 0 aliphatic heterocycles. The highest BCUT2D eigenvalue weighted by Crippen LogP contribution is 2.22. The highest BCUT2D eigenvalue weighted by molar-refractivity contribution is 6.31. The smallest absolute Gasteiger partial charge is 0.320 e. The minimum Gasteiger partial charge on any atom is -0.406 e. The fourth-order valence-corrected chi connectivity index (χ4v) is 1.82. The number of aryl methyl sites for hydroxylation is 1. The lowest BCUT2D eigenvalue weighted by molar-refractivity contribution is 0.460. The van der Waals surface area contributed by atoms with Crippen LogP contribution >= 0.6 is 11.6 Å². The number of hydrogen-bond acceptors (Lipinski definition) is 5. The number of nitrogens with zero attached hydrogens (tertiary/aromatic N) is 2. The van der Waals surface area contributed by atoms with Crippen molar-refractivity contribution in [1.29, 1.82) is 0 Å². The van der Waals surface area contributed by atoms with Gasteiger partial charge in [0.15, 0.2) is 0 Å². The number of anilines is 2. The molecule has 108 valence electrons. The summed E-state index contributed by atoms with van der Waals surface area (Å²) in [5.74, 6) is 1.15. The number of rotatable bonds is 6. The second kappa shape index (κ2) is 6.72. The van der Waals surface area contributed by atoms with Crippen LogP contribution < -0.4 is 10.6 Å². The standard InChI is InChI=1S/C14H19ClN4O/c1-9(2)7-16-8-13-18-19-14(20-13)17-11-5-4-10(3)12(15)6-11/h4-6,9,16H,7-8H2,1-3H3,(H,17,19). The normalized spacial score (nSPS) is 11.1. The van der Waals surface area contributed by atoms with E-state index in [0.29, 0.717) is 29.4 Å². The SMILES string of the molecule is Cc1ccc(Nc2nnc(CNCC(C)C)o2)cc1Cl. The van der Waals surface area contributed by atoms with E-state index >= 15 is 0 Å². The molecular weight excluding hydrogens is 276 g/mol. The zero-order chi connectivity index (χ0) is 14.5. The van der Waals surface area contributed by atoms with E-state index in [9.17, 15) is 0 Å². The molecule has 2 aromatic rings. The molecule has 0 amide bonds. The quantitative estimate of drug-likeness (QED) is 0.853. The molecule has 2 rings (SSSR count). The summed E-state index contributed by atoms with van der Waals surface area (Å²) in [5.41, 5.74) is 1.85. The second-order valence-corrected chi connectivity index (χ2v) is 5.52. The largest absolute Gasteiger partial charge is 0.406 e. The van der Waals surface area contributed by atoms with Crippen molar-refractivity contribution in [1.82, 2.24) is 15.5 Å². The summed E-state index contributed by atoms with van der Waals surface area (Å²) < 4.78 is 5.50. The van der Waals surface area contributed by atoms with Crippen molar-refractivity contribution in [2.24, 2.45) is 5.92 Å². The number of halogens is 1. The average molecular weight is 295 g/mol. The first kappa shape index (κ1) is 14.8. The minimum absolute atomic E-state index is 0.367. The van der Waals surface area contributed by atoms with Crippen molar-refractivity contribution in [3.63, 3.8) is 0 Å². The third-order valence-electron chi connectivity index (χ3n) is 2.72. The fourth-order valence-electron chi connectivity index (χ4n) is 1.64. The van der Waals surface area contributed by atoms with Crippen molar-refractivity contribution < 1.29 is 4.42 Å². The topological polar surface area (TPSA) is 63.0 Å². The van der Waals surface area contributed by atoms with Gasteiger partial charge >= 0.3 is 6.01 Å². The number of nitrogens with one attached hydrogen (secondary N) is 2. The van der Waals surface area contributed by atoms with Gasteiger partial charge in [-0.2, -0.15) is 0 Å². The average Bonchev–Trinajstić information content (AvgIpc) is 2.81. The summed E-state index contributed by atoms with van der Waals surface area (Å²) in [6.45, 7) is 7.74. The minimum atomic E-state index is 0.367. The second-order valence-electron chi connectivity index (χ2n) is 5.11. The third-order valence-corrected chi connectivity index (χ3v) is 3.13. The molecule has 0 aliphatic rings. The Kier molecular flexibility index (Phi) is 4.98. The molecule has 2 N–H and O–H groups in total. The molecule has 0 aliphatic carbocycles. The summed E-state index contributed by atoms with van der Waals surface area (Å²) in [4.78, 5) is 0. The first-order valence-electron chi connectivity index (χ1n) is 6.61. The van der Waals surface area contributed by atoms with E-state index in [4.69, 9.17) is 16.0 Å². The molecule has 0 unspecified atom stereocenters. The molecule has 20 heavy (non-hydrogen) atoms. The van der Waals surface area contributed by atoms with Crippen LogP contribution in [0.15, 0.2) is 22.6 Å². The van der Waals surface area contributed by atoms with Crippen LogP contribution in [0.5, 0.6) is 0 Å². The molecule has 0 fully saturated rings. The summed E-state index contributed by atoms with van der Waals surface area (Å²) in [5, 5.41) is 14.9. The Hall–Kier alpha value is -1.59. The van der Waals surface area contributed by atoms with Crippen LogP contribution in [0.2, 0.25) is 5.02 Å². The fraction of sp³-hybridized carbons (Fsp3) is 0.429. The van der Waals surface area contributed by atoms with Crippen LogP contribution in [0.4, 0.5) is 11.7 Å². The highest BCUT2D eigenvalue weighted by atomic mass is 35.5. The maximum atomic E-state index is 6.07. The molecule has 0 saturated carbocycles. The van der Waals surface area contributed by atoms with Crippen LogP contribution in [0.3, 0.4) is 0 Å². The van der Waals surface area contributed by atoms with E-state index in [1.807, 2.05) is 25.1 Å². The van der Waals surface area contributed by atoms with E-state index < -0.39 is 0 Å². The monoisotopic (exact) mass is 294 g/mol. The maximum absolute atomic E-state index is 6.07. The van der Waals surface area contributed by atoms with Gasteiger partial charge < -0.3 is 15.1 Å². The van der Waals surface area contributed by atoms with Gasteiger partial charge in [0.05, 0.1) is 6.54 Å². The van der Waals surface area contributed by atoms with Gasteiger partial charge in [0.1, 0.15) is 0 Å². The Balaban J connectivity index is 1.93. The van der Waals surface area contributed by atoms with Crippen LogP contribution in [0.25, 0.3) is 0 Å². The Bertz CT molecular complexity index is 568. The number of aromatic nitrogens is 2. The third kappa shape index (κ3) is 4.21. The van der Waals surface area contributed by atoms with Gasteiger partial charge in [-0.3, -0.25) is 0 Å². The van der Waals surface area contributed by atoms with E-state index in [1.165, 1.54) is 0 Å². The predicted octanol–water partition coefficient (Wildman–Crippen LogP) is 3.52. The van der Waals surface area contributed by atoms with Crippen LogP contribution in [0.1, 0.15) is 25.3 Å². The Morgan fingerprint density at radius 3 is 2.80 bits per heavy atom. The first-order chi connectivity index (χ1) is 9.54. The molecule has 0 atom stereocenters. The Labute approximate surface area is 123 Å². The number of hydrogen-bond donors (Lipinski definition) is 2. The lowest BCUT2D eigenvalue weighted by Crippen LogP contribution is -2.19. The zero-order valence-electron chi connectivity index (χ0n) is 11.9. The first-order valence-corrected chi connectivity index (χ1v) is 6.98. The zero-order valence-corrected chi connectivity index (χ0v) is 12.7. The van der Waals surface area contributed by atoms with Gasteiger partial charge in [-0.05, 0) is 37.1 Å². The van der Waals surface area contributed by atoms with Gasteiger partial charge in [0.2, 0.25) is 5.89 Å². The van der Waals surface area contributed by atoms with Gasteiger partial charge in [-0.25, -0.2) is 0 Å². The lowest BCUT2D eigenvalue weighted by Gasteiger charge is -2.04. The van der Waals surface area contributed by atoms with E-state index in [2.05, 4.69) is 34.7 Å². The van der Waals surface area contributed by atoms with Gasteiger partial charge in [0, 0.05) is 10.7 Å². The summed E-state index contributed by atoms with van der Waals surface area (Å²) in [6, 6.07) is 6.05. The van der Waals surface area contributed by atoms with Gasteiger partial charge in [0.25, 0.3) is 0 Å². The van der Waals surface area contributed by atoms with Crippen molar-refractivity contribution in [2.45, 2.75) is 27.3 Å². The van der Waals surface area contributed by atoms with E-state index in [1.54, 1.807) is 0 Å². The Morgan fingerprint density at radius 2 is 2.10 bits per heavy atom. The lowest BCUT2D eigenvalue weighted by atomic mass is 10.2. The van der Waals surface area contributed by atoms with Crippen molar-refractivity contribution in [3.05, 3.63) is 34.7 Å². The highest BCUT2D eigenvalue weighted by Gasteiger charge is 2.07. The molecule has 0 saturated heterocycles. The van der Waals surface area contributed by atoms with Crippen molar-refractivity contribution in [2.75, 3.05) is 11.9 Å². The summed E-state index contributed by atoms with van der Waals surface area (Å²) in [7, 11) is 0. The van der Waals surface area contributed by atoms with E-state index in [0.717, 1.165) is 17.8 Å². The molecule has 1 aromatic heterocycles. The van der Waals surface area contributed by atoms with Gasteiger partial charge in [-0.1, -0.05) is 36.6 Å². The predicted molar refractivity (Wildman–Crippen MR) is 80.3 cm³/mol. The maximum Gasteiger partial charge on any atom is 0.320 e. The van der Waals surface area contributed by atoms with Crippen molar-refractivity contribution in [3.8, 4) is 0 Å². The summed E-state index contributed by atoms with van der Waals surface area (Å²) in [6.07, 6.45) is 0. The molecule has 6 heteroatoms.